The van der Waals surface area contributed by atoms with E-state index >= 15 is 0 Å². The zero-order valence-electron chi connectivity index (χ0n) is 14.9. The van der Waals surface area contributed by atoms with Gasteiger partial charge in [0.2, 0.25) is 0 Å². The van der Waals surface area contributed by atoms with Crippen LogP contribution in [0.15, 0.2) is 42.0 Å². The molecule has 0 amide bonds. The first-order valence-electron chi connectivity index (χ1n) is 9.24. The highest BCUT2D eigenvalue weighted by Crippen LogP contribution is 2.38. The fraction of sp³-hybridized carbons (Fsp3) is 0.400. The monoisotopic (exact) mass is 388 g/mol. The van der Waals surface area contributed by atoms with Crippen LogP contribution < -0.4 is 10.2 Å². The molecule has 4 nitrogen and oxygen atoms in total. The third-order valence-electron chi connectivity index (χ3n) is 5.08. The van der Waals surface area contributed by atoms with Crippen LogP contribution in [0.25, 0.3) is 21.3 Å². The second kappa shape index (κ2) is 8.27. The lowest BCUT2D eigenvalue weighted by atomic mass is 9.96. The third-order valence-corrected chi connectivity index (χ3v) is 5.97. The van der Waals surface area contributed by atoms with E-state index in [2.05, 4.69) is 37.7 Å². The van der Waals surface area contributed by atoms with Gasteiger partial charge in [-0.05, 0) is 30.9 Å². The van der Waals surface area contributed by atoms with Crippen molar-refractivity contribution in [2.24, 2.45) is 5.92 Å². The van der Waals surface area contributed by atoms with Gasteiger partial charge in [-0.3, -0.25) is 0 Å². The number of piperidine rings is 1. The average Bonchev–Trinajstić information content (AvgIpc) is 3.13. The van der Waals surface area contributed by atoms with Crippen molar-refractivity contribution in [2.45, 2.75) is 19.3 Å². The van der Waals surface area contributed by atoms with Crippen LogP contribution in [-0.4, -0.2) is 42.6 Å². The Labute approximate surface area is 161 Å². The zero-order valence-corrected chi connectivity index (χ0v) is 15.8. The highest BCUT2D eigenvalue weighted by molar-refractivity contribution is 7.17. The van der Waals surface area contributed by atoms with Crippen LogP contribution in [0.2, 0.25) is 0 Å². The van der Waals surface area contributed by atoms with Crippen LogP contribution in [0.1, 0.15) is 12.8 Å². The fourth-order valence-corrected chi connectivity index (χ4v) is 4.59. The molecule has 0 atom stereocenters. The Bertz CT molecular complexity index is 876. The van der Waals surface area contributed by atoms with Gasteiger partial charge in [0.05, 0.1) is 11.9 Å². The topological polar surface area (TPSA) is 41.0 Å². The normalized spacial score (nSPS) is 15.7. The van der Waals surface area contributed by atoms with E-state index in [1.807, 2.05) is 18.2 Å². The molecule has 142 valence electrons. The predicted octanol–water partition coefficient (Wildman–Crippen LogP) is 4.43. The van der Waals surface area contributed by atoms with Gasteiger partial charge in [0.15, 0.2) is 0 Å². The summed E-state index contributed by atoms with van der Waals surface area (Å²) in [5, 5.41) is 6.14. The number of nitrogens with one attached hydrogen (secondary N) is 1. The quantitative estimate of drug-likeness (QED) is 0.678. The maximum atomic E-state index is 12.3. The van der Waals surface area contributed by atoms with Gasteiger partial charge < -0.3 is 10.2 Å². The van der Waals surface area contributed by atoms with E-state index in [4.69, 9.17) is 0 Å². The van der Waals surface area contributed by atoms with E-state index in [9.17, 15) is 8.78 Å². The van der Waals surface area contributed by atoms with Crippen molar-refractivity contribution < 1.29 is 8.78 Å². The molecule has 27 heavy (non-hydrogen) atoms. The highest BCUT2D eigenvalue weighted by Gasteiger charge is 2.23. The molecular formula is C20H22F2N4S. The van der Waals surface area contributed by atoms with Crippen LogP contribution in [0, 0.1) is 5.92 Å². The van der Waals surface area contributed by atoms with Crippen molar-refractivity contribution >= 4 is 27.4 Å². The molecule has 0 bridgehead atoms. The molecule has 4 rings (SSSR count). The second-order valence-electron chi connectivity index (χ2n) is 6.87. The molecule has 0 unspecified atom stereocenters. The van der Waals surface area contributed by atoms with Gasteiger partial charge in [0, 0.05) is 24.0 Å². The summed E-state index contributed by atoms with van der Waals surface area (Å²) >= 11 is 1.64. The number of aromatic nitrogens is 2. The molecule has 3 heterocycles. The molecule has 0 radical (unpaired) electrons. The van der Waals surface area contributed by atoms with E-state index in [0.717, 1.165) is 42.0 Å². The van der Waals surface area contributed by atoms with Gasteiger partial charge in [-0.2, -0.15) is 0 Å². The summed E-state index contributed by atoms with van der Waals surface area (Å²) in [7, 11) is 0. The van der Waals surface area contributed by atoms with Crippen LogP contribution in [0.5, 0.6) is 0 Å². The maximum Gasteiger partial charge on any atom is 0.250 e. The Morgan fingerprint density at radius 3 is 2.67 bits per heavy atom. The minimum absolute atomic E-state index is 0.220. The number of hydrogen-bond acceptors (Lipinski definition) is 5. The first-order valence-corrected chi connectivity index (χ1v) is 10.1. The fourth-order valence-electron chi connectivity index (χ4n) is 3.67. The SMILES string of the molecule is FC(F)CNCC1CCN(c2ncnc3scc(-c4ccccc4)c23)CC1. The van der Waals surface area contributed by atoms with Gasteiger partial charge in [-0.1, -0.05) is 30.3 Å². The third kappa shape index (κ3) is 4.09. The Morgan fingerprint density at radius 2 is 1.93 bits per heavy atom. The minimum atomic E-state index is -2.28. The summed E-state index contributed by atoms with van der Waals surface area (Å²) in [6.45, 7) is 2.21. The van der Waals surface area contributed by atoms with Crippen LogP contribution in [0.4, 0.5) is 14.6 Å². The van der Waals surface area contributed by atoms with E-state index < -0.39 is 6.43 Å². The molecular weight excluding hydrogens is 366 g/mol. The Hall–Kier alpha value is -2.12. The molecule has 1 aromatic carbocycles. The number of anilines is 1. The number of alkyl halides is 2. The number of fused-ring (bicyclic) bond motifs is 1. The number of rotatable bonds is 6. The first-order chi connectivity index (χ1) is 13.2. The van der Waals surface area contributed by atoms with Gasteiger partial charge in [0.25, 0.3) is 6.43 Å². The van der Waals surface area contributed by atoms with Crippen molar-refractivity contribution in [3.8, 4) is 11.1 Å². The van der Waals surface area contributed by atoms with Gasteiger partial charge in [0.1, 0.15) is 17.0 Å². The molecule has 1 fully saturated rings. The molecule has 0 spiro atoms. The van der Waals surface area contributed by atoms with Crippen LogP contribution in [-0.2, 0) is 0 Å². The standard InChI is InChI=1S/C20H22F2N4S/c21-17(22)11-23-10-14-6-8-26(9-7-14)19-18-16(15-4-2-1-3-5-15)12-27-20(18)25-13-24-19/h1-5,12-14,17,23H,6-11H2. The molecule has 0 saturated carbocycles. The van der Waals surface area contributed by atoms with Crippen LogP contribution in [0.3, 0.4) is 0 Å². The van der Waals surface area contributed by atoms with Crippen molar-refractivity contribution in [2.75, 3.05) is 31.1 Å². The molecule has 7 heteroatoms. The van der Waals surface area contributed by atoms with Crippen molar-refractivity contribution in [1.29, 1.82) is 0 Å². The molecule has 1 N–H and O–H groups in total. The zero-order chi connectivity index (χ0) is 18.6. The van der Waals surface area contributed by atoms with Crippen molar-refractivity contribution in [1.82, 2.24) is 15.3 Å². The lowest BCUT2D eigenvalue weighted by Gasteiger charge is -2.33. The summed E-state index contributed by atoms with van der Waals surface area (Å²) in [6.07, 6.45) is 1.31. The number of thiophene rings is 1. The minimum Gasteiger partial charge on any atom is -0.356 e. The maximum absolute atomic E-state index is 12.3. The van der Waals surface area contributed by atoms with E-state index in [1.165, 1.54) is 11.1 Å². The van der Waals surface area contributed by atoms with E-state index in [0.29, 0.717) is 12.5 Å². The summed E-state index contributed by atoms with van der Waals surface area (Å²) in [6, 6.07) is 10.3. The van der Waals surface area contributed by atoms with Gasteiger partial charge in [-0.15, -0.1) is 11.3 Å². The number of halogens is 2. The molecule has 1 aliphatic heterocycles. The first kappa shape index (κ1) is 18.3. The predicted molar refractivity (Wildman–Crippen MR) is 107 cm³/mol. The average molecular weight is 388 g/mol. The van der Waals surface area contributed by atoms with Gasteiger partial charge >= 0.3 is 0 Å². The molecule has 1 aliphatic rings. The molecule has 0 aliphatic carbocycles. The van der Waals surface area contributed by atoms with Crippen molar-refractivity contribution in [3.05, 3.63) is 42.0 Å². The van der Waals surface area contributed by atoms with Crippen molar-refractivity contribution in [3.63, 3.8) is 0 Å². The number of nitrogens with zero attached hydrogens (tertiary/aromatic N) is 3. The summed E-state index contributed by atoms with van der Waals surface area (Å²) in [5.41, 5.74) is 2.35. The Kier molecular flexibility index (Phi) is 5.59. The summed E-state index contributed by atoms with van der Waals surface area (Å²) < 4.78 is 24.6. The van der Waals surface area contributed by atoms with E-state index in [1.54, 1.807) is 17.7 Å². The van der Waals surface area contributed by atoms with Gasteiger partial charge in [-0.25, -0.2) is 18.7 Å². The van der Waals surface area contributed by atoms with E-state index in [-0.39, 0.29) is 6.54 Å². The summed E-state index contributed by atoms with van der Waals surface area (Å²) in [4.78, 5) is 12.4. The molecule has 1 saturated heterocycles. The number of benzene rings is 1. The van der Waals surface area contributed by atoms with Crippen LogP contribution >= 0.6 is 11.3 Å². The number of hydrogen-bond donors (Lipinski definition) is 1. The smallest absolute Gasteiger partial charge is 0.250 e. The lowest BCUT2D eigenvalue weighted by Crippen LogP contribution is -2.38. The second-order valence-corrected chi connectivity index (χ2v) is 7.73. The largest absolute Gasteiger partial charge is 0.356 e. The molecule has 3 aromatic rings. The molecule has 2 aromatic heterocycles. The Balaban J connectivity index is 1.52. The highest BCUT2D eigenvalue weighted by atomic mass is 32.1. The lowest BCUT2D eigenvalue weighted by molar-refractivity contribution is 0.143. The Morgan fingerprint density at radius 1 is 1.15 bits per heavy atom. The summed E-state index contributed by atoms with van der Waals surface area (Å²) in [5.74, 6) is 1.42.